The van der Waals surface area contributed by atoms with E-state index in [-0.39, 0.29) is 0 Å². The van der Waals surface area contributed by atoms with E-state index >= 15 is 0 Å². The summed E-state index contributed by atoms with van der Waals surface area (Å²) in [5.41, 5.74) is 3.92. The molecule has 0 atom stereocenters. The third kappa shape index (κ3) is 2.33. The van der Waals surface area contributed by atoms with Gasteiger partial charge in [0, 0.05) is 16.9 Å². The molecule has 0 radical (unpaired) electrons. The third-order valence-electron chi connectivity index (χ3n) is 3.00. The Morgan fingerprint density at radius 3 is 3.05 bits per heavy atom. The van der Waals surface area contributed by atoms with Crippen LogP contribution in [-0.2, 0) is 6.54 Å². The molecular weight excluding hydrogens is 324 g/mol. The van der Waals surface area contributed by atoms with Crippen LogP contribution in [0.2, 0.25) is 0 Å². The van der Waals surface area contributed by atoms with Crippen molar-refractivity contribution in [1.82, 2.24) is 19.5 Å². The van der Waals surface area contributed by atoms with Crippen molar-refractivity contribution in [3.8, 4) is 0 Å². The first-order valence-corrected chi connectivity index (χ1v) is 7.00. The number of hydrogen-bond acceptors (Lipinski definition) is 3. The lowest BCUT2D eigenvalue weighted by atomic mass is 10.2. The quantitative estimate of drug-likeness (QED) is 0.728. The average molecular weight is 335 g/mol. The fourth-order valence-electron chi connectivity index (χ4n) is 2.00. The number of hydrogen-bond donors (Lipinski definition) is 1. The van der Waals surface area contributed by atoms with E-state index < -0.39 is 0 Å². The number of rotatable bonds is 2. The maximum Gasteiger partial charge on any atom is 0.179 e. The molecule has 3 aromatic rings. The minimum atomic E-state index is 0.625. The van der Waals surface area contributed by atoms with E-state index in [1.165, 1.54) is 0 Å². The number of fused-ring (bicyclic) bond motifs is 1. The van der Waals surface area contributed by atoms with Crippen molar-refractivity contribution < 1.29 is 0 Å². The number of pyridine rings is 2. The summed E-state index contributed by atoms with van der Waals surface area (Å²) in [5.74, 6) is 0. The molecule has 0 unspecified atom stereocenters. The third-order valence-corrected chi connectivity index (χ3v) is 3.76. The van der Waals surface area contributed by atoms with Gasteiger partial charge in [-0.3, -0.25) is 9.55 Å². The summed E-state index contributed by atoms with van der Waals surface area (Å²) in [4.78, 5) is 12.0. The average Bonchev–Trinajstić information content (AvgIpc) is 2.68. The fourth-order valence-corrected chi connectivity index (χ4v) is 2.59. The summed E-state index contributed by atoms with van der Waals surface area (Å²) in [6.45, 7) is 2.67. The molecular formula is C13H11BrN4S. The Labute approximate surface area is 123 Å². The van der Waals surface area contributed by atoms with Gasteiger partial charge in [-0.15, -0.1) is 0 Å². The van der Waals surface area contributed by atoms with Crippen LogP contribution >= 0.6 is 28.1 Å². The zero-order valence-corrected chi connectivity index (χ0v) is 12.6. The Balaban J connectivity index is 2.13. The summed E-state index contributed by atoms with van der Waals surface area (Å²) in [6, 6.07) is 5.95. The molecule has 3 rings (SSSR count). The number of aromatic nitrogens is 4. The van der Waals surface area contributed by atoms with Crippen LogP contribution in [0.4, 0.5) is 0 Å². The van der Waals surface area contributed by atoms with E-state index in [1.807, 2.05) is 29.7 Å². The molecule has 0 aromatic carbocycles. The van der Waals surface area contributed by atoms with Crippen molar-refractivity contribution in [1.29, 1.82) is 0 Å². The Bertz CT molecular complexity index is 806. The number of halogens is 1. The second-order valence-electron chi connectivity index (χ2n) is 4.31. The smallest absolute Gasteiger partial charge is 0.179 e. The van der Waals surface area contributed by atoms with Gasteiger partial charge in [0.1, 0.15) is 0 Å². The molecule has 0 aliphatic heterocycles. The highest BCUT2D eigenvalue weighted by molar-refractivity contribution is 9.10. The van der Waals surface area contributed by atoms with Crippen molar-refractivity contribution in [2.45, 2.75) is 13.5 Å². The van der Waals surface area contributed by atoms with Gasteiger partial charge in [0.25, 0.3) is 0 Å². The standard InChI is InChI=1S/C13H11BrN4S/c1-8-3-2-4-15-11(8)7-18-12-10(17-13(18)19)5-9(14)6-16-12/h2-6H,7H2,1H3,(H,17,19). The normalized spacial score (nSPS) is 11.1. The topological polar surface area (TPSA) is 46.5 Å². The van der Waals surface area contributed by atoms with Crippen LogP contribution in [0.5, 0.6) is 0 Å². The van der Waals surface area contributed by atoms with Crippen LogP contribution < -0.4 is 0 Å². The molecule has 19 heavy (non-hydrogen) atoms. The molecule has 0 aliphatic carbocycles. The number of aryl methyl sites for hydroxylation is 1. The first kappa shape index (κ1) is 12.5. The van der Waals surface area contributed by atoms with Crippen molar-refractivity contribution in [2.24, 2.45) is 0 Å². The molecule has 0 spiro atoms. The Morgan fingerprint density at radius 1 is 1.42 bits per heavy atom. The summed E-state index contributed by atoms with van der Waals surface area (Å²) < 4.78 is 3.55. The van der Waals surface area contributed by atoms with Crippen LogP contribution in [0, 0.1) is 11.7 Å². The largest absolute Gasteiger partial charge is 0.329 e. The summed E-state index contributed by atoms with van der Waals surface area (Å²) >= 11 is 8.77. The number of imidazole rings is 1. The molecule has 0 aliphatic rings. The summed E-state index contributed by atoms with van der Waals surface area (Å²) in [6.07, 6.45) is 3.57. The van der Waals surface area contributed by atoms with Gasteiger partial charge in [-0.2, -0.15) is 0 Å². The van der Waals surface area contributed by atoms with E-state index in [0.29, 0.717) is 11.3 Å². The van der Waals surface area contributed by atoms with Crippen molar-refractivity contribution >= 4 is 39.3 Å². The van der Waals surface area contributed by atoms with Crippen molar-refractivity contribution in [2.75, 3.05) is 0 Å². The molecule has 0 saturated carbocycles. The van der Waals surface area contributed by atoms with E-state index in [1.54, 1.807) is 12.4 Å². The minimum absolute atomic E-state index is 0.625. The second-order valence-corrected chi connectivity index (χ2v) is 5.61. The van der Waals surface area contributed by atoms with Crippen LogP contribution in [0.25, 0.3) is 11.2 Å². The maximum absolute atomic E-state index is 5.36. The molecule has 4 nitrogen and oxygen atoms in total. The zero-order chi connectivity index (χ0) is 13.4. The molecule has 0 saturated heterocycles. The fraction of sp³-hybridized carbons (Fsp3) is 0.154. The predicted molar refractivity (Wildman–Crippen MR) is 80.7 cm³/mol. The highest BCUT2D eigenvalue weighted by Gasteiger charge is 2.08. The molecule has 3 aromatic heterocycles. The van der Waals surface area contributed by atoms with Crippen LogP contribution in [0.1, 0.15) is 11.3 Å². The molecule has 0 fully saturated rings. The van der Waals surface area contributed by atoms with Gasteiger partial charge in [-0.25, -0.2) is 4.98 Å². The molecule has 3 heterocycles. The van der Waals surface area contributed by atoms with Crippen molar-refractivity contribution in [3.63, 3.8) is 0 Å². The molecule has 0 amide bonds. The molecule has 96 valence electrons. The SMILES string of the molecule is Cc1cccnc1Cn1c(=S)[nH]c2cc(Br)cnc21. The molecule has 1 N–H and O–H groups in total. The van der Waals surface area contributed by atoms with Gasteiger partial charge in [-0.05, 0) is 52.8 Å². The predicted octanol–water partition coefficient (Wildman–Crippen LogP) is 3.61. The number of H-pyrrole nitrogens is 1. The Hall–Kier alpha value is -1.53. The summed E-state index contributed by atoms with van der Waals surface area (Å²) in [5, 5.41) is 0. The van der Waals surface area contributed by atoms with E-state index in [9.17, 15) is 0 Å². The molecule has 6 heteroatoms. The Morgan fingerprint density at radius 2 is 2.26 bits per heavy atom. The van der Waals surface area contributed by atoms with Crippen LogP contribution in [0.3, 0.4) is 0 Å². The minimum Gasteiger partial charge on any atom is -0.329 e. The lowest BCUT2D eigenvalue weighted by molar-refractivity contribution is 0.770. The van der Waals surface area contributed by atoms with Gasteiger partial charge in [-0.1, -0.05) is 6.07 Å². The van der Waals surface area contributed by atoms with E-state index in [0.717, 1.165) is 26.9 Å². The maximum atomic E-state index is 5.36. The first-order valence-electron chi connectivity index (χ1n) is 5.80. The number of nitrogens with zero attached hydrogens (tertiary/aromatic N) is 3. The summed E-state index contributed by atoms with van der Waals surface area (Å²) in [7, 11) is 0. The van der Waals surface area contributed by atoms with Gasteiger partial charge >= 0.3 is 0 Å². The zero-order valence-electron chi connectivity index (χ0n) is 10.2. The number of nitrogens with one attached hydrogen (secondary N) is 1. The lowest BCUT2D eigenvalue weighted by Gasteiger charge is -2.06. The van der Waals surface area contributed by atoms with Gasteiger partial charge in [0.15, 0.2) is 10.4 Å². The Kier molecular flexibility index (Phi) is 3.20. The van der Waals surface area contributed by atoms with Gasteiger partial charge in [0.05, 0.1) is 17.8 Å². The van der Waals surface area contributed by atoms with Crippen molar-refractivity contribution in [3.05, 3.63) is 51.1 Å². The van der Waals surface area contributed by atoms with Crippen LogP contribution in [0.15, 0.2) is 35.1 Å². The lowest BCUT2D eigenvalue weighted by Crippen LogP contribution is -2.04. The van der Waals surface area contributed by atoms with E-state index in [4.69, 9.17) is 12.2 Å². The highest BCUT2D eigenvalue weighted by atomic mass is 79.9. The highest BCUT2D eigenvalue weighted by Crippen LogP contribution is 2.18. The van der Waals surface area contributed by atoms with Crippen LogP contribution in [-0.4, -0.2) is 19.5 Å². The second kappa shape index (κ2) is 4.86. The van der Waals surface area contributed by atoms with Gasteiger partial charge < -0.3 is 4.98 Å². The number of aromatic amines is 1. The van der Waals surface area contributed by atoms with E-state index in [2.05, 4.69) is 30.9 Å². The van der Waals surface area contributed by atoms with Gasteiger partial charge in [0.2, 0.25) is 0 Å². The monoisotopic (exact) mass is 334 g/mol. The first-order chi connectivity index (χ1) is 9.15. The molecule has 0 bridgehead atoms.